The van der Waals surface area contributed by atoms with Crippen molar-refractivity contribution in [3.05, 3.63) is 52.1 Å². The number of carbonyl (C=O) groups is 1. The summed E-state index contributed by atoms with van der Waals surface area (Å²) < 4.78 is 44.8. The molecule has 3 rings (SSSR count). The summed E-state index contributed by atoms with van der Waals surface area (Å²) in [4.78, 5) is 12.7. The summed E-state index contributed by atoms with van der Waals surface area (Å²) in [7, 11) is 1.25. The van der Waals surface area contributed by atoms with Gasteiger partial charge in [-0.1, -0.05) is 11.6 Å². The van der Waals surface area contributed by atoms with Crippen LogP contribution in [0, 0.1) is 11.3 Å². The number of halogens is 3. The first-order chi connectivity index (χ1) is 13.4. The van der Waals surface area contributed by atoms with Crippen LogP contribution in [0.3, 0.4) is 0 Å². The molecule has 0 unspecified atom stereocenters. The zero-order chi connectivity index (χ0) is 20.3. The predicted octanol–water partition coefficient (Wildman–Crippen LogP) is 4.47. The molecule has 28 heavy (non-hydrogen) atoms. The molecule has 9 heteroatoms. The number of rotatable bonds is 6. The van der Waals surface area contributed by atoms with Crippen molar-refractivity contribution >= 4 is 23.5 Å². The van der Waals surface area contributed by atoms with Crippen LogP contribution in [0.15, 0.2) is 35.9 Å². The minimum Gasteiger partial charge on any atom is -0.493 e. The van der Waals surface area contributed by atoms with Crippen LogP contribution in [0.1, 0.15) is 15.9 Å². The van der Waals surface area contributed by atoms with Gasteiger partial charge in [0.05, 0.1) is 12.1 Å². The molecule has 0 amide bonds. The van der Waals surface area contributed by atoms with E-state index in [1.165, 1.54) is 37.5 Å². The first-order valence-corrected chi connectivity index (χ1v) is 8.19. The molecule has 0 aliphatic carbocycles. The third-order valence-electron chi connectivity index (χ3n) is 3.77. The molecular formula is C19H12ClF2NO5. The molecule has 144 valence electrons. The summed E-state index contributed by atoms with van der Waals surface area (Å²) >= 11 is 5.98. The molecule has 2 aromatic rings. The van der Waals surface area contributed by atoms with Crippen LogP contribution in [-0.4, -0.2) is 26.3 Å². The van der Waals surface area contributed by atoms with Crippen molar-refractivity contribution in [3.63, 3.8) is 0 Å². The Bertz CT molecular complexity index is 1000. The summed E-state index contributed by atoms with van der Waals surface area (Å²) in [5.74, 6) is -0.0425. The lowest BCUT2D eigenvalue weighted by atomic mass is 10.0. The molecule has 0 radical (unpaired) electrons. The van der Waals surface area contributed by atoms with E-state index in [2.05, 4.69) is 4.74 Å². The number of fused-ring (bicyclic) bond motifs is 1. The standard InChI is InChI=1S/C19H12ClF2NO5/c1-25-16-6-10(5-13(20)18(16)28-19(21)22)4-12(8-23)17(24)11-2-3-14-15(7-11)27-9-26-14/h2-7,19H,9H2,1H3/b12-4-. The number of carbonyl (C=O) groups excluding carboxylic acids is 1. The average Bonchev–Trinajstić information content (AvgIpc) is 3.14. The van der Waals surface area contributed by atoms with Gasteiger partial charge in [-0.25, -0.2) is 0 Å². The lowest BCUT2D eigenvalue weighted by molar-refractivity contribution is -0.0511. The Morgan fingerprint density at radius 2 is 2.04 bits per heavy atom. The number of Topliss-reactive ketones (excluding diaryl/α,β-unsaturated/α-hetero) is 1. The number of hydrogen-bond donors (Lipinski definition) is 0. The second-order valence-corrected chi connectivity index (χ2v) is 5.89. The van der Waals surface area contributed by atoms with Crippen LogP contribution in [0.4, 0.5) is 8.78 Å². The van der Waals surface area contributed by atoms with Crippen molar-refractivity contribution in [2.75, 3.05) is 13.9 Å². The molecule has 6 nitrogen and oxygen atoms in total. The number of hydrogen-bond acceptors (Lipinski definition) is 6. The van der Waals surface area contributed by atoms with Gasteiger partial charge in [0, 0.05) is 5.56 Å². The van der Waals surface area contributed by atoms with Gasteiger partial charge in [0.2, 0.25) is 12.6 Å². The van der Waals surface area contributed by atoms with E-state index in [-0.39, 0.29) is 34.5 Å². The van der Waals surface area contributed by atoms with Gasteiger partial charge in [0.1, 0.15) is 11.6 Å². The second-order valence-electron chi connectivity index (χ2n) is 5.48. The topological polar surface area (TPSA) is 77.8 Å². The maximum atomic E-state index is 12.7. The van der Waals surface area contributed by atoms with Crippen molar-refractivity contribution < 1.29 is 32.5 Å². The molecule has 0 fully saturated rings. The second kappa shape index (κ2) is 8.15. The SMILES string of the molecule is COc1cc(/C=C(/C#N)C(=O)c2ccc3c(c2)OCO3)cc(Cl)c1OC(F)F. The van der Waals surface area contributed by atoms with Gasteiger partial charge in [-0.05, 0) is 42.0 Å². The molecule has 0 atom stereocenters. The average molecular weight is 408 g/mol. The highest BCUT2D eigenvalue weighted by Gasteiger charge is 2.20. The maximum absolute atomic E-state index is 12.7. The Balaban J connectivity index is 1.95. The molecule has 1 heterocycles. The van der Waals surface area contributed by atoms with E-state index in [0.29, 0.717) is 17.1 Å². The Morgan fingerprint density at radius 3 is 2.71 bits per heavy atom. The lowest BCUT2D eigenvalue weighted by Crippen LogP contribution is -2.05. The van der Waals surface area contributed by atoms with Gasteiger partial charge >= 0.3 is 6.61 Å². The summed E-state index contributed by atoms with van der Waals surface area (Å²) in [5.41, 5.74) is 0.335. The van der Waals surface area contributed by atoms with Gasteiger partial charge in [0.15, 0.2) is 23.0 Å². The molecule has 1 aliphatic rings. The highest BCUT2D eigenvalue weighted by atomic mass is 35.5. The fourth-order valence-electron chi connectivity index (χ4n) is 2.54. The number of nitrogens with zero attached hydrogens (tertiary/aromatic N) is 1. The van der Waals surface area contributed by atoms with E-state index in [1.54, 1.807) is 6.07 Å². The van der Waals surface area contributed by atoms with E-state index in [9.17, 15) is 18.8 Å². The van der Waals surface area contributed by atoms with E-state index >= 15 is 0 Å². The summed E-state index contributed by atoms with van der Waals surface area (Å²) in [5, 5.41) is 9.24. The molecule has 0 saturated carbocycles. The van der Waals surface area contributed by atoms with Gasteiger partial charge in [0.25, 0.3) is 0 Å². The van der Waals surface area contributed by atoms with Crippen molar-refractivity contribution in [3.8, 4) is 29.1 Å². The molecule has 0 bridgehead atoms. The maximum Gasteiger partial charge on any atom is 0.387 e. The smallest absolute Gasteiger partial charge is 0.387 e. The number of allylic oxidation sites excluding steroid dienone is 1. The zero-order valence-electron chi connectivity index (χ0n) is 14.4. The summed E-state index contributed by atoms with van der Waals surface area (Å²) in [6.07, 6.45) is 1.27. The van der Waals surface area contributed by atoms with E-state index in [1.807, 2.05) is 6.07 Å². The zero-order valence-corrected chi connectivity index (χ0v) is 15.1. The molecule has 0 aromatic heterocycles. The fraction of sp³-hybridized carbons (Fsp3) is 0.158. The molecule has 0 N–H and O–H groups in total. The minimum absolute atomic E-state index is 0.0548. The quantitative estimate of drug-likeness (QED) is 0.399. The van der Waals surface area contributed by atoms with Crippen molar-refractivity contribution in [1.29, 1.82) is 5.26 Å². The van der Waals surface area contributed by atoms with Crippen LogP contribution in [-0.2, 0) is 0 Å². The number of nitriles is 1. The lowest BCUT2D eigenvalue weighted by Gasteiger charge is -2.12. The number of ether oxygens (including phenoxy) is 4. The highest BCUT2D eigenvalue weighted by molar-refractivity contribution is 6.32. The normalized spacial score (nSPS) is 12.6. The van der Waals surface area contributed by atoms with Crippen LogP contribution in [0.5, 0.6) is 23.0 Å². The number of benzene rings is 2. The first kappa shape index (κ1) is 19.5. The first-order valence-electron chi connectivity index (χ1n) is 7.81. The van der Waals surface area contributed by atoms with E-state index < -0.39 is 12.4 Å². The third-order valence-corrected chi connectivity index (χ3v) is 4.05. The van der Waals surface area contributed by atoms with Gasteiger partial charge in [-0.3, -0.25) is 4.79 Å². The highest BCUT2D eigenvalue weighted by Crippen LogP contribution is 2.38. The Labute approximate surface area is 163 Å². The minimum atomic E-state index is -3.09. The van der Waals surface area contributed by atoms with Crippen LogP contribution < -0.4 is 18.9 Å². The van der Waals surface area contributed by atoms with Crippen molar-refractivity contribution in [1.82, 2.24) is 0 Å². The summed E-state index contributed by atoms with van der Waals surface area (Å²) in [6.45, 7) is -3.03. The monoisotopic (exact) mass is 407 g/mol. The molecule has 0 spiro atoms. The predicted molar refractivity (Wildman–Crippen MR) is 95.1 cm³/mol. The van der Waals surface area contributed by atoms with E-state index in [4.69, 9.17) is 25.8 Å². The van der Waals surface area contributed by atoms with Crippen molar-refractivity contribution in [2.24, 2.45) is 0 Å². The van der Waals surface area contributed by atoms with Crippen LogP contribution in [0.25, 0.3) is 6.08 Å². The van der Waals surface area contributed by atoms with Crippen LogP contribution in [0.2, 0.25) is 5.02 Å². The Hall–Kier alpha value is -3.31. The number of ketones is 1. The van der Waals surface area contributed by atoms with Gasteiger partial charge in [-0.15, -0.1) is 0 Å². The van der Waals surface area contributed by atoms with Gasteiger partial charge in [-0.2, -0.15) is 14.0 Å². The molecular weight excluding hydrogens is 396 g/mol. The largest absolute Gasteiger partial charge is 0.493 e. The fourth-order valence-corrected chi connectivity index (χ4v) is 2.80. The van der Waals surface area contributed by atoms with Crippen LogP contribution >= 0.6 is 11.6 Å². The summed E-state index contributed by atoms with van der Waals surface area (Å²) in [6, 6.07) is 8.99. The number of methoxy groups -OCH3 is 1. The third kappa shape index (κ3) is 4.00. The van der Waals surface area contributed by atoms with E-state index in [0.717, 1.165) is 0 Å². The Kier molecular flexibility index (Phi) is 5.66. The molecule has 1 aliphatic heterocycles. The molecule has 2 aromatic carbocycles. The number of alkyl halides is 2. The molecule has 0 saturated heterocycles. The Morgan fingerprint density at radius 1 is 1.29 bits per heavy atom. The van der Waals surface area contributed by atoms with Crippen molar-refractivity contribution in [2.45, 2.75) is 6.61 Å². The van der Waals surface area contributed by atoms with Gasteiger partial charge < -0.3 is 18.9 Å².